The van der Waals surface area contributed by atoms with Crippen LogP contribution < -0.4 is 5.32 Å². The largest absolute Gasteiger partial charge is 0.355 e. The summed E-state index contributed by atoms with van der Waals surface area (Å²) in [7, 11) is -1.17. The van der Waals surface area contributed by atoms with Crippen LogP contribution in [0.25, 0.3) is 0 Å². The average molecular weight is 267 g/mol. The molecule has 0 saturated heterocycles. The molecule has 1 aromatic rings. The molecule has 0 aliphatic carbocycles. The van der Waals surface area contributed by atoms with E-state index in [1.165, 1.54) is 0 Å². The summed E-state index contributed by atoms with van der Waals surface area (Å²) < 4.78 is 12.1. The van der Waals surface area contributed by atoms with E-state index in [-0.39, 0.29) is 5.91 Å². The van der Waals surface area contributed by atoms with Crippen LogP contribution in [0.5, 0.6) is 0 Å². The van der Waals surface area contributed by atoms with Crippen LogP contribution in [0.2, 0.25) is 0 Å². The van der Waals surface area contributed by atoms with E-state index in [0.29, 0.717) is 12.3 Å². The van der Waals surface area contributed by atoms with Crippen LogP contribution in [-0.2, 0) is 21.3 Å². The maximum atomic E-state index is 12.1. The molecule has 100 valence electrons. The fraction of sp³-hybridized carbons (Fsp3) is 0.500. The molecule has 0 heterocycles. The Balaban J connectivity index is 2.60. The molecule has 1 aromatic carbocycles. The summed E-state index contributed by atoms with van der Waals surface area (Å²) in [4.78, 5) is 11.7. The predicted molar refractivity (Wildman–Crippen MR) is 75.8 cm³/mol. The second-order valence-corrected chi connectivity index (χ2v) is 6.14. The van der Waals surface area contributed by atoms with Gasteiger partial charge in [0.2, 0.25) is 5.91 Å². The first-order chi connectivity index (χ1) is 8.56. The highest BCUT2D eigenvalue weighted by Crippen LogP contribution is 2.12. The molecule has 1 amide bonds. The van der Waals surface area contributed by atoms with Crippen molar-refractivity contribution in [1.82, 2.24) is 5.32 Å². The first kappa shape index (κ1) is 14.9. The zero-order valence-electron chi connectivity index (χ0n) is 11.2. The molecule has 2 atom stereocenters. The minimum absolute atomic E-state index is 0.122. The van der Waals surface area contributed by atoms with Crippen LogP contribution in [0.3, 0.4) is 0 Å². The second-order valence-electron chi connectivity index (χ2n) is 4.38. The van der Waals surface area contributed by atoms with Crippen molar-refractivity contribution in [3.8, 4) is 0 Å². The van der Waals surface area contributed by atoms with Crippen molar-refractivity contribution in [2.45, 2.75) is 38.2 Å². The first-order valence-corrected chi connectivity index (χ1v) is 7.63. The number of hydrogen-bond donors (Lipinski definition) is 1. The molecule has 2 unspecified atom stereocenters. The monoisotopic (exact) mass is 267 g/mol. The Bertz CT molecular complexity index is 432. The van der Waals surface area contributed by atoms with Crippen LogP contribution in [0, 0.1) is 6.92 Å². The van der Waals surface area contributed by atoms with E-state index in [1.54, 1.807) is 6.92 Å². The highest BCUT2D eigenvalue weighted by Gasteiger charge is 2.19. The Morgan fingerprint density at radius 1 is 1.39 bits per heavy atom. The van der Waals surface area contributed by atoms with Crippen molar-refractivity contribution in [1.29, 1.82) is 0 Å². The lowest BCUT2D eigenvalue weighted by Gasteiger charge is -2.12. The van der Waals surface area contributed by atoms with Crippen LogP contribution >= 0.6 is 0 Å². The SMILES string of the molecule is CCCNC(=O)C(C)S(=O)Cc1ccccc1C. The lowest BCUT2D eigenvalue weighted by molar-refractivity contribution is -0.120. The van der Waals surface area contributed by atoms with Gasteiger partial charge in [0.05, 0.1) is 0 Å². The lowest BCUT2D eigenvalue weighted by Crippen LogP contribution is -2.36. The topological polar surface area (TPSA) is 46.2 Å². The minimum Gasteiger partial charge on any atom is -0.355 e. The second kappa shape index (κ2) is 7.31. The Morgan fingerprint density at radius 3 is 2.67 bits per heavy atom. The third-order valence-corrected chi connectivity index (χ3v) is 4.47. The molecular weight excluding hydrogens is 246 g/mol. The van der Waals surface area contributed by atoms with Crippen LogP contribution in [0.15, 0.2) is 24.3 Å². The molecule has 0 aromatic heterocycles. The number of aryl methyl sites for hydroxylation is 1. The van der Waals surface area contributed by atoms with Crippen molar-refractivity contribution < 1.29 is 9.00 Å². The van der Waals surface area contributed by atoms with Gasteiger partial charge in [0, 0.05) is 23.1 Å². The standard InChI is InChI=1S/C14H21NO2S/c1-4-9-15-14(16)12(3)18(17)10-13-8-6-5-7-11(13)2/h5-8,12H,4,9-10H2,1-3H3,(H,15,16). The van der Waals surface area contributed by atoms with Gasteiger partial charge < -0.3 is 5.32 Å². The molecule has 18 heavy (non-hydrogen) atoms. The fourth-order valence-corrected chi connectivity index (χ4v) is 2.76. The average Bonchev–Trinajstić information content (AvgIpc) is 2.37. The van der Waals surface area contributed by atoms with E-state index in [4.69, 9.17) is 0 Å². The number of amides is 1. The van der Waals surface area contributed by atoms with Gasteiger partial charge in [-0.25, -0.2) is 0 Å². The molecular formula is C14H21NO2S. The molecule has 0 aliphatic rings. The summed E-state index contributed by atoms with van der Waals surface area (Å²) in [5.74, 6) is 0.316. The maximum Gasteiger partial charge on any atom is 0.235 e. The van der Waals surface area contributed by atoms with E-state index in [2.05, 4.69) is 5.32 Å². The number of rotatable bonds is 6. The van der Waals surface area contributed by atoms with E-state index in [9.17, 15) is 9.00 Å². The number of carbonyl (C=O) groups is 1. The van der Waals surface area contributed by atoms with Gasteiger partial charge in [0.1, 0.15) is 5.25 Å². The van der Waals surface area contributed by atoms with Crippen molar-refractivity contribution in [2.24, 2.45) is 0 Å². The van der Waals surface area contributed by atoms with Gasteiger partial charge in [-0.05, 0) is 31.4 Å². The van der Waals surface area contributed by atoms with Gasteiger partial charge in [-0.2, -0.15) is 0 Å². The summed E-state index contributed by atoms with van der Waals surface area (Å²) in [5, 5.41) is 2.32. The third kappa shape index (κ3) is 4.26. The molecule has 0 spiro atoms. The van der Waals surface area contributed by atoms with E-state index >= 15 is 0 Å². The Morgan fingerprint density at radius 2 is 2.06 bits per heavy atom. The third-order valence-electron chi connectivity index (χ3n) is 2.87. The van der Waals surface area contributed by atoms with Gasteiger partial charge in [-0.1, -0.05) is 31.2 Å². The molecule has 1 N–H and O–H groups in total. The van der Waals surface area contributed by atoms with E-state index in [0.717, 1.165) is 17.5 Å². The number of hydrogen-bond acceptors (Lipinski definition) is 2. The van der Waals surface area contributed by atoms with Gasteiger partial charge in [0.25, 0.3) is 0 Å². The van der Waals surface area contributed by atoms with Gasteiger partial charge in [-0.3, -0.25) is 9.00 Å². The molecule has 0 fully saturated rings. The Kier molecular flexibility index (Phi) is 6.05. The number of benzene rings is 1. The molecule has 4 heteroatoms. The van der Waals surface area contributed by atoms with Gasteiger partial charge in [0.15, 0.2) is 0 Å². The normalized spacial score (nSPS) is 13.9. The maximum absolute atomic E-state index is 12.1. The van der Waals surface area contributed by atoms with Crippen molar-refractivity contribution in [3.05, 3.63) is 35.4 Å². The molecule has 1 rings (SSSR count). The Hall–Kier alpha value is -1.16. The Labute approximate surface area is 111 Å². The zero-order valence-corrected chi connectivity index (χ0v) is 12.0. The molecule has 0 bridgehead atoms. The fourth-order valence-electron chi connectivity index (χ4n) is 1.56. The smallest absolute Gasteiger partial charge is 0.235 e. The highest BCUT2D eigenvalue weighted by molar-refractivity contribution is 7.85. The summed E-state index contributed by atoms with van der Waals surface area (Å²) >= 11 is 0. The predicted octanol–water partition coefficient (Wildman–Crippen LogP) is 2.16. The number of carbonyl (C=O) groups excluding carboxylic acids is 1. The van der Waals surface area contributed by atoms with E-state index < -0.39 is 16.0 Å². The quantitative estimate of drug-likeness (QED) is 0.858. The van der Waals surface area contributed by atoms with Gasteiger partial charge >= 0.3 is 0 Å². The van der Waals surface area contributed by atoms with Crippen molar-refractivity contribution >= 4 is 16.7 Å². The van der Waals surface area contributed by atoms with Crippen LogP contribution in [0.1, 0.15) is 31.4 Å². The summed E-state index contributed by atoms with van der Waals surface area (Å²) in [6, 6.07) is 7.85. The highest BCUT2D eigenvalue weighted by atomic mass is 32.2. The zero-order chi connectivity index (χ0) is 13.5. The minimum atomic E-state index is -1.17. The van der Waals surface area contributed by atoms with Crippen molar-refractivity contribution in [2.75, 3.05) is 6.54 Å². The van der Waals surface area contributed by atoms with Gasteiger partial charge in [-0.15, -0.1) is 0 Å². The molecule has 0 aliphatic heterocycles. The van der Waals surface area contributed by atoms with Crippen molar-refractivity contribution in [3.63, 3.8) is 0 Å². The number of nitrogens with one attached hydrogen (secondary N) is 1. The molecule has 0 saturated carbocycles. The summed E-state index contributed by atoms with van der Waals surface area (Å²) in [6.45, 7) is 6.35. The summed E-state index contributed by atoms with van der Waals surface area (Å²) in [6.07, 6.45) is 0.892. The molecule has 3 nitrogen and oxygen atoms in total. The first-order valence-electron chi connectivity index (χ1n) is 6.25. The molecule has 0 radical (unpaired) electrons. The lowest BCUT2D eigenvalue weighted by atomic mass is 10.1. The van der Waals surface area contributed by atoms with Crippen LogP contribution in [0.4, 0.5) is 0 Å². The van der Waals surface area contributed by atoms with E-state index in [1.807, 2.05) is 38.1 Å². The van der Waals surface area contributed by atoms with Crippen LogP contribution in [-0.4, -0.2) is 21.9 Å². The summed E-state index contributed by atoms with van der Waals surface area (Å²) in [5.41, 5.74) is 2.16.